The van der Waals surface area contributed by atoms with E-state index in [-0.39, 0.29) is 32.5 Å². The first-order chi connectivity index (χ1) is 9.45. The molecular weight excluding hydrogens is 266 g/mol. The highest BCUT2D eigenvalue weighted by molar-refractivity contribution is 5.82. The van der Waals surface area contributed by atoms with E-state index >= 15 is 0 Å². The van der Waals surface area contributed by atoms with Crippen LogP contribution in [-0.2, 0) is 14.3 Å². The van der Waals surface area contributed by atoms with Gasteiger partial charge in [-0.25, -0.2) is 4.79 Å². The van der Waals surface area contributed by atoms with Gasteiger partial charge in [0, 0.05) is 39.1 Å². The predicted molar refractivity (Wildman–Crippen MR) is 68.2 cm³/mol. The fourth-order valence-electron chi connectivity index (χ4n) is 2.77. The number of hydrogen-bond acceptors (Lipinski definition) is 5. The fourth-order valence-corrected chi connectivity index (χ4v) is 2.77. The Labute approximate surface area is 116 Å². The van der Waals surface area contributed by atoms with Crippen molar-refractivity contribution < 1.29 is 29.3 Å². The monoisotopic (exact) mass is 285 g/mol. The Morgan fingerprint density at radius 1 is 1.35 bits per heavy atom. The molecule has 0 saturated carbocycles. The van der Waals surface area contributed by atoms with Crippen LogP contribution >= 0.6 is 0 Å². The third kappa shape index (κ3) is 2.27. The van der Waals surface area contributed by atoms with Gasteiger partial charge in [-0.1, -0.05) is 12.7 Å². The number of rotatable bonds is 4. The van der Waals surface area contributed by atoms with Gasteiger partial charge in [0.05, 0.1) is 5.60 Å². The standard InChI is InChI=1S/C13H19NO6/c1-2-5-20-11(17)14-8-12(9-14,10(15)16)13(18)3-6-19-7-4-13/h2,18H,1,3-9H2,(H,15,16). The molecule has 112 valence electrons. The average Bonchev–Trinajstić information content (AvgIpc) is 2.35. The first-order valence-electron chi connectivity index (χ1n) is 6.51. The number of ether oxygens (including phenoxy) is 2. The lowest BCUT2D eigenvalue weighted by molar-refractivity contribution is -0.210. The van der Waals surface area contributed by atoms with Crippen molar-refractivity contribution in [1.29, 1.82) is 0 Å². The molecule has 2 heterocycles. The predicted octanol–water partition coefficient (Wildman–Crippen LogP) is 0.237. The molecule has 0 unspecified atom stereocenters. The van der Waals surface area contributed by atoms with E-state index in [1.165, 1.54) is 11.0 Å². The molecule has 2 fully saturated rings. The highest BCUT2D eigenvalue weighted by Gasteiger charge is 2.64. The molecule has 2 aliphatic heterocycles. The minimum absolute atomic E-state index is 0.0468. The molecule has 0 aromatic heterocycles. The number of aliphatic hydroxyl groups is 1. The number of likely N-dealkylation sites (tertiary alicyclic amines) is 1. The van der Waals surface area contributed by atoms with Gasteiger partial charge in [-0.15, -0.1) is 0 Å². The Balaban J connectivity index is 2.06. The number of hydrogen-bond donors (Lipinski definition) is 2. The van der Waals surface area contributed by atoms with Crippen molar-refractivity contribution in [3.8, 4) is 0 Å². The van der Waals surface area contributed by atoms with E-state index in [1.807, 2.05) is 0 Å². The van der Waals surface area contributed by atoms with Gasteiger partial charge >= 0.3 is 12.1 Å². The molecule has 0 aliphatic carbocycles. The van der Waals surface area contributed by atoms with Gasteiger partial charge in [-0.05, 0) is 0 Å². The van der Waals surface area contributed by atoms with E-state index < -0.39 is 23.1 Å². The van der Waals surface area contributed by atoms with Gasteiger partial charge in [-0.2, -0.15) is 0 Å². The second-order valence-electron chi connectivity index (χ2n) is 5.25. The zero-order valence-corrected chi connectivity index (χ0v) is 11.2. The van der Waals surface area contributed by atoms with Crippen LogP contribution in [0.3, 0.4) is 0 Å². The zero-order valence-electron chi connectivity index (χ0n) is 11.2. The molecule has 2 rings (SSSR count). The van der Waals surface area contributed by atoms with Gasteiger partial charge in [0.1, 0.15) is 12.0 Å². The van der Waals surface area contributed by atoms with Crippen LogP contribution < -0.4 is 0 Å². The van der Waals surface area contributed by atoms with Crippen LogP contribution in [0.5, 0.6) is 0 Å². The first kappa shape index (κ1) is 14.8. The lowest BCUT2D eigenvalue weighted by atomic mass is 9.63. The van der Waals surface area contributed by atoms with Crippen LogP contribution in [0.15, 0.2) is 12.7 Å². The van der Waals surface area contributed by atoms with Crippen LogP contribution in [0.2, 0.25) is 0 Å². The van der Waals surface area contributed by atoms with E-state index in [4.69, 9.17) is 9.47 Å². The summed E-state index contributed by atoms with van der Waals surface area (Å²) in [7, 11) is 0. The zero-order chi connectivity index (χ0) is 14.8. The maximum atomic E-state index is 11.6. The van der Waals surface area contributed by atoms with Crippen molar-refractivity contribution in [2.75, 3.05) is 32.9 Å². The van der Waals surface area contributed by atoms with Gasteiger partial charge in [0.25, 0.3) is 0 Å². The molecule has 0 bridgehead atoms. The number of carbonyl (C=O) groups is 2. The third-order valence-electron chi connectivity index (χ3n) is 4.12. The number of aliphatic carboxylic acids is 1. The molecule has 7 nitrogen and oxygen atoms in total. The van der Waals surface area contributed by atoms with E-state index in [0.29, 0.717) is 13.2 Å². The highest BCUT2D eigenvalue weighted by Crippen LogP contribution is 2.46. The number of carboxylic acid groups (broad SMARTS) is 1. The van der Waals surface area contributed by atoms with Crippen molar-refractivity contribution in [3.63, 3.8) is 0 Å². The smallest absolute Gasteiger partial charge is 0.410 e. The number of nitrogens with zero attached hydrogens (tertiary/aromatic N) is 1. The molecule has 0 atom stereocenters. The Hall–Kier alpha value is -1.60. The van der Waals surface area contributed by atoms with Crippen molar-refractivity contribution in [1.82, 2.24) is 4.90 Å². The maximum absolute atomic E-state index is 11.6. The summed E-state index contributed by atoms with van der Waals surface area (Å²) in [4.78, 5) is 24.5. The minimum atomic E-state index is -1.34. The number of carbonyl (C=O) groups excluding carboxylic acids is 1. The summed E-state index contributed by atoms with van der Waals surface area (Å²) in [6.45, 7) is 4.07. The third-order valence-corrected chi connectivity index (χ3v) is 4.12. The topological polar surface area (TPSA) is 96.3 Å². The highest BCUT2D eigenvalue weighted by atomic mass is 16.6. The minimum Gasteiger partial charge on any atom is -0.481 e. The molecular formula is C13H19NO6. The quantitative estimate of drug-likeness (QED) is 0.718. The second-order valence-corrected chi connectivity index (χ2v) is 5.25. The summed E-state index contributed by atoms with van der Waals surface area (Å²) in [5.41, 5.74) is -2.67. The van der Waals surface area contributed by atoms with Crippen molar-refractivity contribution in [3.05, 3.63) is 12.7 Å². The number of amides is 1. The van der Waals surface area contributed by atoms with Gasteiger partial charge in [0.15, 0.2) is 0 Å². The Morgan fingerprint density at radius 2 is 1.95 bits per heavy atom. The van der Waals surface area contributed by atoms with Crippen LogP contribution in [0.4, 0.5) is 4.79 Å². The Kier molecular flexibility index (Phi) is 4.01. The van der Waals surface area contributed by atoms with Crippen LogP contribution in [0.25, 0.3) is 0 Å². The Morgan fingerprint density at radius 3 is 2.45 bits per heavy atom. The van der Waals surface area contributed by atoms with Crippen LogP contribution in [0, 0.1) is 5.41 Å². The fraction of sp³-hybridized carbons (Fsp3) is 0.692. The largest absolute Gasteiger partial charge is 0.481 e. The SMILES string of the molecule is C=CCOC(=O)N1CC(C(=O)O)(C2(O)CCOCC2)C1. The summed E-state index contributed by atoms with van der Waals surface area (Å²) in [6.07, 6.45) is 1.37. The van der Waals surface area contributed by atoms with E-state index in [9.17, 15) is 19.8 Å². The molecule has 7 heteroatoms. The summed E-state index contributed by atoms with van der Waals surface area (Å²) < 4.78 is 10.0. The number of carboxylic acids is 1. The molecule has 1 amide bonds. The maximum Gasteiger partial charge on any atom is 0.410 e. The lowest BCUT2D eigenvalue weighted by Crippen LogP contribution is -2.72. The van der Waals surface area contributed by atoms with E-state index in [0.717, 1.165) is 0 Å². The second kappa shape index (κ2) is 5.41. The van der Waals surface area contributed by atoms with E-state index in [1.54, 1.807) is 0 Å². The molecule has 2 aliphatic rings. The summed E-state index contributed by atoms with van der Waals surface area (Å²) in [5.74, 6) is -1.09. The lowest BCUT2D eigenvalue weighted by Gasteiger charge is -2.55. The summed E-state index contributed by atoms with van der Waals surface area (Å²) in [5, 5.41) is 20.1. The molecule has 20 heavy (non-hydrogen) atoms. The Bertz CT molecular complexity index is 409. The van der Waals surface area contributed by atoms with Gasteiger partial charge in [-0.3, -0.25) is 4.79 Å². The summed E-state index contributed by atoms with van der Waals surface area (Å²) in [6, 6.07) is 0. The van der Waals surface area contributed by atoms with Gasteiger partial charge in [0.2, 0.25) is 0 Å². The van der Waals surface area contributed by atoms with E-state index in [2.05, 4.69) is 6.58 Å². The molecule has 2 saturated heterocycles. The summed E-state index contributed by atoms with van der Waals surface area (Å²) >= 11 is 0. The molecule has 0 aromatic carbocycles. The molecule has 0 radical (unpaired) electrons. The van der Waals surface area contributed by atoms with Crippen LogP contribution in [-0.4, -0.2) is 65.7 Å². The average molecular weight is 285 g/mol. The molecule has 0 aromatic rings. The molecule has 0 spiro atoms. The first-order valence-corrected chi connectivity index (χ1v) is 6.51. The van der Waals surface area contributed by atoms with Gasteiger partial charge < -0.3 is 24.6 Å². The van der Waals surface area contributed by atoms with Crippen molar-refractivity contribution >= 4 is 12.1 Å². The van der Waals surface area contributed by atoms with Crippen molar-refractivity contribution in [2.24, 2.45) is 5.41 Å². The van der Waals surface area contributed by atoms with Crippen molar-refractivity contribution in [2.45, 2.75) is 18.4 Å². The van der Waals surface area contributed by atoms with Crippen LogP contribution in [0.1, 0.15) is 12.8 Å². The molecule has 2 N–H and O–H groups in total. The normalized spacial score (nSPS) is 23.6.